The van der Waals surface area contributed by atoms with Crippen molar-refractivity contribution >= 4 is 46.7 Å². The van der Waals surface area contributed by atoms with Crippen LogP contribution in [0.3, 0.4) is 0 Å². The number of nitrogen functional groups attached to an aromatic ring is 1. The fourth-order valence-corrected chi connectivity index (χ4v) is 1.74. The van der Waals surface area contributed by atoms with Crippen LogP contribution in [-0.4, -0.2) is 23.1 Å². The number of carbonyl (C=O) groups is 1. The Hall–Kier alpha value is -2.25. The van der Waals surface area contributed by atoms with Gasteiger partial charge in [0.25, 0.3) is 0 Å². The largest absolute Gasteiger partial charge is 0.491 e. The Morgan fingerprint density at radius 1 is 1.29 bits per heavy atom. The number of nitrogens with zero attached hydrogens (tertiary/aromatic N) is 2. The molecule has 0 unspecified atom stereocenters. The SMILES string of the molecule is COc1cnc(NC(=O)Nc2ccc(Cl)c(Cl)c2)nc1N. The molecule has 0 bridgehead atoms. The van der Waals surface area contributed by atoms with Gasteiger partial charge < -0.3 is 15.8 Å². The third-order valence-corrected chi connectivity index (χ3v) is 3.14. The molecule has 0 aliphatic carbocycles. The average Bonchev–Trinajstić information content (AvgIpc) is 2.43. The molecule has 1 aromatic carbocycles. The second-order valence-electron chi connectivity index (χ2n) is 3.86. The van der Waals surface area contributed by atoms with Crippen molar-refractivity contribution in [1.29, 1.82) is 0 Å². The van der Waals surface area contributed by atoms with Crippen molar-refractivity contribution < 1.29 is 9.53 Å². The summed E-state index contributed by atoms with van der Waals surface area (Å²) in [5.74, 6) is 0.494. The van der Waals surface area contributed by atoms with Crippen molar-refractivity contribution in [2.24, 2.45) is 0 Å². The first-order valence-electron chi connectivity index (χ1n) is 5.69. The van der Waals surface area contributed by atoms with Crippen molar-refractivity contribution in [2.75, 3.05) is 23.5 Å². The van der Waals surface area contributed by atoms with E-state index in [-0.39, 0.29) is 11.8 Å². The van der Waals surface area contributed by atoms with Gasteiger partial charge in [-0.3, -0.25) is 5.32 Å². The number of hydrogen-bond donors (Lipinski definition) is 3. The third-order valence-electron chi connectivity index (χ3n) is 2.41. The second-order valence-corrected chi connectivity index (χ2v) is 4.67. The Morgan fingerprint density at radius 3 is 2.67 bits per heavy atom. The van der Waals surface area contributed by atoms with E-state index in [2.05, 4.69) is 20.6 Å². The van der Waals surface area contributed by atoms with Gasteiger partial charge in [-0.15, -0.1) is 0 Å². The number of hydrogen-bond acceptors (Lipinski definition) is 5. The number of anilines is 3. The Bertz CT molecular complexity index is 681. The fraction of sp³-hybridized carbons (Fsp3) is 0.0833. The first-order chi connectivity index (χ1) is 9.99. The van der Waals surface area contributed by atoms with Crippen LogP contribution in [0.25, 0.3) is 0 Å². The fourth-order valence-electron chi connectivity index (χ4n) is 1.44. The van der Waals surface area contributed by atoms with Gasteiger partial charge >= 0.3 is 6.03 Å². The molecule has 9 heteroatoms. The zero-order chi connectivity index (χ0) is 15.4. The van der Waals surface area contributed by atoms with Gasteiger partial charge in [0, 0.05) is 5.69 Å². The number of halogens is 2. The second kappa shape index (κ2) is 6.47. The first-order valence-corrected chi connectivity index (χ1v) is 6.44. The molecule has 0 atom stereocenters. The Balaban J connectivity index is 2.04. The minimum atomic E-state index is -0.544. The molecule has 1 heterocycles. The molecule has 1 aromatic heterocycles. The number of benzene rings is 1. The molecular weight excluding hydrogens is 317 g/mol. The first kappa shape index (κ1) is 15.1. The van der Waals surface area contributed by atoms with Crippen LogP contribution in [0.4, 0.5) is 22.2 Å². The van der Waals surface area contributed by atoms with E-state index < -0.39 is 6.03 Å². The third kappa shape index (κ3) is 3.87. The Morgan fingerprint density at radius 2 is 2.05 bits per heavy atom. The summed E-state index contributed by atoms with van der Waals surface area (Å²) in [6, 6.07) is 4.16. The summed E-state index contributed by atoms with van der Waals surface area (Å²) in [6.45, 7) is 0. The molecule has 0 aliphatic heterocycles. The summed E-state index contributed by atoms with van der Waals surface area (Å²) >= 11 is 11.6. The molecule has 4 N–H and O–H groups in total. The molecule has 0 spiro atoms. The van der Waals surface area contributed by atoms with E-state index >= 15 is 0 Å². The van der Waals surface area contributed by atoms with E-state index in [0.29, 0.717) is 21.5 Å². The number of amides is 2. The molecule has 2 aromatic rings. The summed E-state index contributed by atoms with van der Waals surface area (Å²) in [6.07, 6.45) is 1.36. The number of nitrogens with one attached hydrogen (secondary N) is 2. The van der Waals surface area contributed by atoms with E-state index in [9.17, 15) is 4.79 Å². The van der Waals surface area contributed by atoms with Crippen LogP contribution < -0.4 is 21.1 Å². The highest BCUT2D eigenvalue weighted by atomic mass is 35.5. The standard InChI is InChI=1S/C12H11Cl2N5O2/c1-21-9-5-16-11(18-10(9)15)19-12(20)17-6-2-3-7(13)8(14)4-6/h2-5H,1H3,(H4,15,16,17,18,19,20). The number of urea groups is 1. The number of ether oxygens (including phenoxy) is 1. The lowest BCUT2D eigenvalue weighted by atomic mass is 10.3. The molecule has 0 radical (unpaired) electrons. The maximum atomic E-state index is 11.8. The highest BCUT2D eigenvalue weighted by Gasteiger charge is 2.08. The predicted octanol–water partition coefficient (Wildman–Crippen LogP) is 3.02. The normalized spacial score (nSPS) is 10.0. The van der Waals surface area contributed by atoms with Gasteiger partial charge in [-0.05, 0) is 18.2 Å². The van der Waals surface area contributed by atoms with Crippen LogP contribution >= 0.6 is 23.2 Å². The monoisotopic (exact) mass is 327 g/mol. The lowest BCUT2D eigenvalue weighted by molar-refractivity contribution is 0.262. The minimum absolute atomic E-state index is 0.0471. The number of carbonyl (C=O) groups excluding carboxylic acids is 1. The Kier molecular flexibility index (Phi) is 4.66. The smallest absolute Gasteiger partial charge is 0.326 e. The summed E-state index contributed by atoms with van der Waals surface area (Å²) < 4.78 is 4.92. The highest BCUT2D eigenvalue weighted by molar-refractivity contribution is 6.42. The molecule has 0 saturated carbocycles. The lowest BCUT2D eigenvalue weighted by Gasteiger charge is -2.08. The molecular formula is C12H11Cl2N5O2. The molecule has 110 valence electrons. The predicted molar refractivity (Wildman–Crippen MR) is 82.1 cm³/mol. The van der Waals surface area contributed by atoms with Gasteiger partial charge in [0.1, 0.15) is 0 Å². The zero-order valence-corrected chi connectivity index (χ0v) is 12.4. The Labute approximate surface area is 130 Å². The van der Waals surface area contributed by atoms with E-state index in [4.69, 9.17) is 33.7 Å². The van der Waals surface area contributed by atoms with E-state index in [1.165, 1.54) is 19.4 Å². The van der Waals surface area contributed by atoms with Crippen molar-refractivity contribution in [3.05, 3.63) is 34.4 Å². The average molecular weight is 328 g/mol. The molecule has 0 saturated heterocycles. The summed E-state index contributed by atoms with van der Waals surface area (Å²) in [5.41, 5.74) is 6.09. The lowest BCUT2D eigenvalue weighted by Crippen LogP contribution is -2.21. The molecule has 2 rings (SSSR count). The summed E-state index contributed by atoms with van der Waals surface area (Å²) in [4.78, 5) is 19.6. The van der Waals surface area contributed by atoms with Crippen LogP contribution in [0.5, 0.6) is 5.75 Å². The van der Waals surface area contributed by atoms with Crippen LogP contribution in [0.15, 0.2) is 24.4 Å². The van der Waals surface area contributed by atoms with Crippen molar-refractivity contribution in [2.45, 2.75) is 0 Å². The van der Waals surface area contributed by atoms with Gasteiger partial charge in [0.2, 0.25) is 5.95 Å². The summed E-state index contributed by atoms with van der Waals surface area (Å²) in [5, 5.41) is 5.72. The number of aromatic nitrogens is 2. The minimum Gasteiger partial charge on any atom is -0.491 e. The quantitative estimate of drug-likeness (QED) is 0.804. The zero-order valence-electron chi connectivity index (χ0n) is 10.9. The van der Waals surface area contributed by atoms with Crippen LogP contribution in [0.1, 0.15) is 0 Å². The molecule has 7 nitrogen and oxygen atoms in total. The van der Waals surface area contributed by atoms with Gasteiger partial charge in [0.15, 0.2) is 11.6 Å². The maximum absolute atomic E-state index is 11.8. The van der Waals surface area contributed by atoms with Gasteiger partial charge in [-0.1, -0.05) is 23.2 Å². The van der Waals surface area contributed by atoms with Crippen molar-refractivity contribution in [1.82, 2.24) is 9.97 Å². The van der Waals surface area contributed by atoms with Crippen LogP contribution in [-0.2, 0) is 0 Å². The van der Waals surface area contributed by atoms with Crippen molar-refractivity contribution in [3.63, 3.8) is 0 Å². The molecule has 2 amide bonds. The van der Waals surface area contributed by atoms with Gasteiger partial charge in [-0.2, -0.15) is 4.98 Å². The molecule has 0 aliphatic rings. The van der Waals surface area contributed by atoms with Gasteiger partial charge in [0.05, 0.1) is 23.4 Å². The maximum Gasteiger partial charge on any atom is 0.326 e. The highest BCUT2D eigenvalue weighted by Crippen LogP contribution is 2.25. The van der Waals surface area contributed by atoms with E-state index in [0.717, 1.165) is 0 Å². The van der Waals surface area contributed by atoms with E-state index in [1.54, 1.807) is 12.1 Å². The molecule has 21 heavy (non-hydrogen) atoms. The topological polar surface area (TPSA) is 102 Å². The van der Waals surface area contributed by atoms with Crippen LogP contribution in [0, 0.1) is 0 Å². The molecule has 0 fully saturated rings. The van der Waals surface area contributed by atoms with Crippen LogP contribution in [0.2, 0.25) is 10.0 Å². The summed E-state index contributed by atoms with van der Waals surface area (Å²) in [7, 11) is 1.44. The number of rotatable bonds is 3. The number of methoxy groups -OCH3 is 1. The van der Waals surface area contributed by atoms with Crippen molar-refractivity contribution in [3.8, 4) is 5.75 Å². The van der Waals surface area contributed by atoms with E-state index in [1.807, 2.05) is 0 Å². The van der Waals surface area contributed by atoms with Gasteiger partial charge in [-0.25, -0.2) is 9.78 Å². The number of nitrogens with two attached hydrogens (primary N) is 1.